The molecule has 0 atom stereocenters. The van der Waals surface area contributed by atoms with Gasteiger partial charge in [-0.2, -0.15) is 20.4 Å². The summed E-state index contributed by atoms with van der Waals surface area (Å²) in [6, 6.07) is 19.2. The summed E-state index contributed by atoms with van der Waals surface area (Å²) in [5.74, 6) is -2.41. The maximum Gasteiger partial charge on any atom is 0.276 e. The van der Waals surface area contributed by atoms with Crippen molar-refractivity contribution in [3.8, 4) is 23.0 Å². The number of hydrogen-bond donors (Lipinski definition) is 9. The van der Waals surface area contributed by atoms with Crippen molar-refractivity contribution in [2.75, 3.05) is 121 Å². The third-order valence-corrected chi connectivity index (χ3v) is 21.2. The number of methoxy groups -OCH3 is 1. The lowest BCUT2D eigenvalue weighted by molar-refractivity contribution is 0.0357. The van der Waals surface area contributed by atoms with Crippen LogP contribution in [0.5, 0.6) is 23.0 Å². The Bertz CT molecular complexity index is 5970. The van der Waals surface area contributed by atoms with Crippen molar-refractivity contribution in [2.24, 2.45) is 22.9 Å². The molecule has 8 aromatic heterocycles. The number of nitrogens with two attached hydrogens (primary N) is 4. The maximum atomic E-state index is 13.9. The number of morpholine rings is 2. The highest BCUT2D eigenvalue weighted by atomic mass is 16.5. The van der Waals surface area contributed by atoms with Crippen molar-refractivity contribution in [3.05, 3.63) is 165 Å². The summed E-state index contributed by atoms with van der Waals surface area (Å²) >= 11 is 0. The molecule has 2 saturated heterocycles. The number of primary amides is 4. The van der Waals surface area contributed by atoms with Crippen molar-refractivity contribution in [1.82, 2.24) is 87.1 Å². The number of allylic oxidation sites excluding steroid dienone is 4. The van der Waals surface area contributed by atoms with E-state index in [1.165, 1.54) is 31.4 Å². The molecule has 0 unspecified atom stereocenters. The first-order valence-electron chi connectivity index (χ1n) is 42.0. The molecule has 0 radical (unpaired) electrons. The van der Waals surface area contributed by atoms with Crippen LogP contribution in [-0.4, -0.2) is 239 Å². The summed E-state index contributed by atoms with van der Waals surface area (Å²) in [6.45, 7) is 25.6. The molecule has 13 N–H and O–H groups in total. The largest absolute Gasteiger partial charge is 0.494 e. The zero-order valence-corrected chi connectivity index (χ0v) is 72.4. The average molecular weight is 1740 g/mol. The molecule has 12 aromatic rings. The first kappa shape index (κ1) is 90.6. The first-order valence-corrected chi connectivity index (χ1v) is 42.0. The van der Waals surface area contributed by atoms with Gasteiger partial charge in [0.2, 0.25) is 47.4 Å². The van der Waals surface area contributed by atoms with Crippen LogP contribution < -0.4 is 63.1 Å². The maximum absolute atomic E-state index is 13.9. The molecular formula is C86H106N26O15. The second kappa shape index (κ2) is 41.1. The number of carbonyl (C=O) groups is 8. The molecule has 14 rings (SSSR count). The van der Waals surface area contributed by atoms with Gasteiger partial charge in [0.05, 0.1) is 98.2 Å². The quantitative estimate of drug-likeness (QED) is 0.0142. The van der Waals surface area contributed by atoms with Crippen LogP contribution in [0.25, 0.3) is 44.1 Å². The van der Waals surface area contributed by atoms with Crippen LogP contribution in [0.2, 0.25) is 0 Å². The number of anilines is 4. The van der Waals surface area contributed by atoms with Gasteiger partial charge in [-0.1, -0.05) is 24.3 Å². The van der Waals surface area contributed by atoms with Gasteiger partial charge >= 0.3 is 0 Å². The number of amides is 8. The molecule has 2 aliphatic rings. The molecule has 8 amide bonds. The molecule has 2 fully saturated rings. The van der Waals surface area contributed by atoms with E-state index in [1.807, 2.05) is 65.8 Å². The Morgan fingerprint density at radius 3 is 0.882 bits per heavy atom. The molecule has 4 aromatic carbocycles. The number of aliphatic hydroxyl groups is 1. The summed E-state index contributed by atoms with van der Waals surface area (Å²) in [5, 5.41) is 38.9. The van der Waals surface area contributed by atoms with Crippen LogP contribution in [0.1, 0.15) is 153 Å². The van der Waals surface area contributed by atoms with Gasteiger partial charge in [0, 0.05) is 127 Å². The third kappa shape index (κ3) is 21.1. The number of imidazole rings is 4. The van der Waals surface area contributed by atoms with Crippen molar-refractivity contribution in [1.29, 1.82) is 0 Å². The smallest absolute Gasteiger partial charge is 0.276 e. The van der Waals surface area contributed by atoms with E-state index in [-0.39, 0.29) is 91.2 Å². The van der Waals surface area contributed by atoms with E-state index in [0.29, 0.717) is 192 Å². The van der Waals surface area contributed by atoms with Crippen LogP contribution in [0, 0.1) is 27.7 Å². The molecule has 0 spiro atoms. The topological polar surface area (TPSA) is 513 Å². The number of nitrogens with zero attached hydrogens (tertiary/aromatic N) is 18. The normalized spacial score (nSPS) is 13.3. The van der Waals surface area contributed by atoms with E-state index in [0.717, 1.165) is 39.3 Å². The zero-order valence-electron chi connectivity index (χ0n) is 72.4. The van der Waals surface area contributed by atoms with Gasteiger partial charge in [-0.25, -0.2) is 19.9 Å². The fourth-order valence-corrected chi connectivity index (χ4v) is 15.2. The number of benzene rings is 4. The molecule has 0 saturated carbocycles. The molecule has 10 heterocycles. The summed E-state index contributed by atoms with van der Waals surface area (Å²) in [7, 11) is 1.45. The first-order chi connectivity index (χ1) is 61.3. The summed E-state index contributed by atoms with van der Waals surface area (Å²) in [5.41, 5.74) is 31.2. The number of aliphatic hydroxyl groups excluding tert-OH is 1. The Balaban J connectivity index is 0.000000222. The Morgan fingerprint density at radius 1 is 0.386 bits per heavy atom. The van der Waals surface area contributed by atoms with Crippen LogP contribution in [0.15, 0.2) is 97.1 Å². The van der Waals surface area contributed by atoms with E-state index >= 15 is 0 Å². The van der Waals surface area contributed by atoms with Gasteiger partial charge in [0.25, 0.3) is 23.6 Å². The molecule has 41 nitrogen and oxygen atoms in total. The zero-order chi connectivity index (χ0) is 90.3. The number of rotatable bonds is 39. The highest BCUT2D eigenvalue weighted by molar-refractivity contribution is 6.08. The molecule has 0 aliphatic carbocycles. The lowest BCUT2D eigenvalue weighted by atomic mass is 10.1. The van der Waals surface area contributed by atoms with Crippen molar-refractivity contribution >= 4 is 115 Å². The highest BCUT2D eigenvalue weighted by Crippen LogP contribution is 2.37. The molecular weight excluding hydrogens is 1640 g/mol. The lowest BCUT2D eigenvalue weighted by Gasteiger charge is -2.26. The Hall–Kier alpha value is -14.2. The number of carbonyl (C=O) groups excluding carboxylic acids is 8. The van der Waals surface area contributed by atoms with E-state index in [9.17, 15) is 43.5 Å². The second-order valence-corrected chi connectivity index (χ2v) is 30.2. The predicted octanol–water partition coefficient (Wildman–Crippen LogP) is 6.76. The van der Waals surface area contributed by atoms with Crippen LogP contribution in [0.3, 0.4) is 0 Å². The number of aryl methyl sites for hydroxylation is 8. The number of aromatic nitrogens is 16. The minimum Gasteiger partial charge on any atom is -0.494 e. The van der Waals surface area contributed by atoms with Gasteiger partial charge in [-0.15, -0.1) is 0 Å². The summed E-state index contributed by atoms with van der Waals surface area (Å²) < 4.78 is 49.0. The van der Waals surface area contributed by atoms with Crippen LogP contribution in [-0.2, 0) is 61.8 Å². The molecule has 0 bridgehead atoms. The fourth-order valence-electron chi connectivity index (χ4n) is 15.2. The van der Waals surface area contributed by atoms with Crippen LogP contribution in [0.4, 0.5) is 23.8 Å². The standard InChI is InChI=1S/C48H62N14O8.C38H44N12O7/c1-5-61-37(25-31(3)55-61)45(65)53-47-51-35-27-33(43(49)63)29-39(69-19-9-11-57-15-21-67-22-16-57)41(35)59(47)13-7-8-14-60-42-36(52-48(60)54-46(66)38-26-32(4)56-62(38)6-2)28-34(44(50)64)30-40(42)70-20-10-12-58-17-23-68-24-18-58;1-6-49-27(15-21(3)45-49)35(54)43-37-41-25-17-23(33(39)52)19-29(56-5)31(25)47(37)11-8-9-12-48-32-26(18-24(34(40)53)20-30(32)57-14-10-13-51)42-38(48)44-36(55)28-16-22(4)46-50(28)7-2/h7-8,25-30H,5-6,9-24H2,1-4H3,(H2,49,63)(H2,50,64)(H,51,53,65)(H,52,54,66);8-9,15-20,51H,6-7,10-14H2,1-5H3,(H2,39,52)(H2,40,53)(H,41,43,54)(H,42,44,55)/b8-7+;9-8+. The SMILES string of the molecule is CCn1nc(C)cc1C(=O)Nc1nc2cc(C(N)=O)cc(OC)c2n1C/C=C/Cn1c(NC(=O)c2cc(C)nn2CC)nc2cc(C(N)=O)cc(OCCCO)c21.CCn1nc(C)cc1C(=O)Nc1nc2cc(C(N)=O)cc(OCCCN3CCOCC3)c2n1C/C=C/Cn1c(NC(=O)c2cc(C)nn2CC)nc2cc(C(N)=O)cc(OCCCN3CCOCC3)c21. The van der Waals surface area contributed by atoms with Gasteiger partial charge in [0.1, 0.15) is 67.8 Å². The number of hydrogen-bond acceptors (Lipinski definition) is 25. The van der Waals surface area contributed by atoms with E-state index in [4.69, 9.17) is 61.3 Å². The minimum absolute atomic E-state index is 0.117. The average Bonchev–Trinajstić information content (AvgIpc) is 1.63. The Labute approximate surface area is 729 Å². The number of fused-ring (bicyclic) bond motifs is 4. The monoisotopic (exact) mass is 1740 g/mol. The third-order valence-electron chi connectivity index (χ3n) is 21.2. The molecule has 2 aliphatic heterocycles. The second-order valence-electron chi connectivity index (χ2n) is 30.2. The fraction of sp³-hybridized carbons (Fsp3) is 0.395. The summed E-state index contributed by atoms with van der Waals surface area (Å²) in [4.78, 5) is 129. The van der Waals surface area contributed by atoms with E-state index < -0.39 is 47.3 Å². The van der Waals surface area contributed by atoms with Gasteiger partial charge < -0.3 is 74.7 Å². The molecule has 670 valence electrons. The van der Waals surface area contributed by atoms with Gasteiger partial charge in [0.15, 0.2) is 0 Å². The van der Waals surface area contributed by atoms with Crippen molar-refractivity contribution in [2.45, 2.75) is 127 Å². The van der Waals surface area contributed by atoms with Gasteiger partial charge in [-0.05, 0) is 141 Å². The Kier molecular flexibility index (Phi) is 29.3. The summed E-state index contributed by atoms with van der Waals surface area (Å²) in [6.07, 6.45) is 9.13. The predicted molar refractivity (Wildman–Crippen MR) is 472 cm³/mol. The minimum atomic E-state index is -0.700. The Morgan fingerprint density at radius 2 is 0.638 bits per heavy atom. The number of nitrogens with one attached hydrogen (secondary N) is 4. The van der Waals surface area contributed by atoms with E-state index in [1.54, 1.807) is 99.4 Å². The molecule has 41 heteroatoms. The molecule has 127 heavy (non-hydrogen) atoms. The van der Waals surface area contributed by atoms with Crippen molar-refractivity contribution in [3.63, 3.8) is 0 Å². The van der Waals surface area contributed by atoms with Crippen molar-refractivity contribution < 1.29 is 71.9 Å². The van der Waals surface area contributed by atoms with E-state index in [2.05, 4.69) is 61.4 Å². The van der Waals surface area contributed by atoms with Gasteiger partial charge in [-0.3, -0.25) is 88.2 Å². The number of ether oxygens (including phenoxy) is 6. The van der Waals surface area contributed by atoms with Crippen LogP contribution >= 0.6 is 0 Å². The highest BCUT2D eigenvalue weighted by Gasteiger charge is 2.29. The lowest BCUT2D eigenvalue weighted by Crippen LogP contribution is -2.37.